The number of likely N-dealkylation sites (tertiary alicyclic amines) is 1. The fourth-order valence-electron chi connectivity index (χ4n) is 3.34. The second-order valence-electron chi connectivity index (χ2n) is 6.59. The first-order chi connectivity index (χ1) is 12.2. The molecule has 0 amide bonds. The molecule has 0 bridgehead atoms. The van der Waals surface area contributed by atoms with Gasteiger partial charge in [0.05, 0.1) is 11.5 Å². The third kappa shape index (κ3) is 4.69. The zero-order valence-electron chi connectivity index (χ0n) is 14.6. The molecule has 1 atom stereocenters. The summed E-state index contributed by atoms with van der Waals surface area (Å²) in [7, 11) is 0. The van der Waals surface area contributed by atoms with Crippen molar-refractivity contribution in [1.82, 2.24) is 4.90 Å². The second-order valence-corrected chi connectivity index (χ2v) is 7.50. The van der Waals surface area contributed by atoms with E-state index in [1.807, 2.05) is 30.5 Å². The highest BCUT2D eigenvalue weighted by atomic mass is 32.1. The smallest absolute Gasteiger partial charge is 0.177 e. The van der Waals surface area contributed by atoms with Gasteiger partial charge in [-0.15, -0.1) is 11.3 Å². The molecular formula is C20H25NO3S. The van der Waals surface area contributed by atoms with Gasteiger partial charge in [0.2, 0.25) is 0 Å². The maximum absolute atomic E-state index is 12.8. The summed E-state index contributed by atoms with van der Waals surface area (Å²) in [5, 5.41) is 10.8. The average Bonchev–Trinajstić information content (AvgIpc) is 3.07. The van der Waals surface area contributed by atoms with Gasteiger partial charge in [-0.1, -0.05) is 12.1 Å². The number of ketones is 1. The van der Waals surface area contributed by atoms with E-state index in [0.717, 1.165) is 48.7 Å². The first-order valence-electron chi connectivity index (χ1n) is 8.80. The SMILES string of the molecule is Cc1ccsc1C(=O)[C@H]1CCCN(Cc2ccc(OCCO)cc2)C1. The molecule has 1 aliphatic heterocycles. The van der Waals surface area contributed by atoms with Crippen molar-refractivity contribution in [3.63, 3.8) is 0 Å². The highest BCUT2D eigenvalue weighted by Crippen LogP contribution is 2.26. The van der Waals surface area contributed by atoms with Crippen molar-refractivity contribution in [1.29, 1.82) is 0 Å². The molecule has 0 unspecified atom stereocenters. The number of Topliss-reactive ketones (excluding diaryl/α,β-unsaturated/α-hetero) is 1. The quantitative estimate of drug-likeness (QED) is 0.769. The lowest BCUT2D eigenvalue weighted by molar-refractivity contribution is 0.0815. The zero-order valence-corrected chi connectivity index (χ0v) is 15.4. The van der Waals surface area contributed by atoms with E-state index in [9.17, 15) is 4.79 Å². The van der Waals surface area contributed by atoms with E-state index in [1.54, 1.807) is 11.3 Å². The van der Waals surface area contributed by atoms with E-state index in [2.05, 4.69) is 17.0 Å². The molecule has 25 heavy (non-hydrogen) atoms. The van der Waals surface area contributed by atoms with Crippen LogP contribution in [0.25, 0.3) is 0 Å². The van der Waals surface area contributed by atoms with Crippen molar-refractivity contribution >= 4 is 17.1 Å². The van der Waals surface area contributed by atoms with Gasteiger partial charge in [-0.05, 0) is 61.0 Å². The maximum atomic E-state index is 12.8. The predicted octanol–water partition coefficient (Wildman–Crippen LogP) is 3.52. The van der Waals surface area contributed by atoms with Gasteiger partial charge in [-0.25, -0.2) is 0 Å². The second kappa shape index (κ2) is 8.61. The topological polar surface area (TPSA) is 49.8 Å². The molecule has 1 aromatic carbocycles. The standard InChI is InChI=1S/C20H25NO3S/c1-15-8-12-25-20(15)19(23)17-3-2-9-21(14-17)13-16-4-6-18(7-5-16)24-11-10-22/h4-8,12,17,22H,2-3,9-11,13-14H2,1H3/t17-/m0/s1. The number of nitrogens with zero attached hydrogens (tertiary/aromatic N) is 1. The van der Waals surface area contributed by atoms with Gasteiger partial charge in [-0.3, -0.25) is 9.69 Å². The highest BCUT2D eigenvalue weighted by Gasteiger charge is 2.28. The van der Waals surface area contributed by atoms with Crippen LogP contribution in [0.4, 0.5) is 0 Å². The molecule has 0 saturated carbocycles. The normalized spacial score (nSPS) is 18.2. The number of aryl methyl sites for hydroxylation is 1. The van der Waals surface area contributed by atoms with Crippen LogP contribution in [0.3, 0.4) is 0 Å². The van der Waals surface area contributed by atoms with Crippen LogP contribution in [-0.2, 0) is 6.54 Å². The minimum atomic E-state index is 0.0225. The van der Waals surface area contributed by atoms with Crippen molar-refractivity contribution in [2.75, 3.05) is 26.3 Å². The number of piperidine rings is 1. The fraction of sp³-hybridized carbons (Fsp3) is 0.450. The van der Waals surface area contributed by atoms with Crippen molar-refractivity contribution in [3.05, 3.63) is 51.7 Å². The minimum absolute atomic E-state index is 0.0225. The van der Waals surface area contributed by atoms with Crippen LogP contribution in [0.1, 0.15) is 33.6 Å². The van der Waals surface area contributed by atoms with Crippen LogP contribution in [0.2, 0.25) is 0 Å². The monoisotopic (exact) mass is 359 g/mol. The van der Waals surface area contributed by atoms with Gasteiger partial charge >= 0.3 is 0 Å². The van der Waals surface area contributed by atoms with Gasteiger partial charge in [0.25, 0.3) is 0 Å². The Morgan fingerprint density at radius 1 is 1.32 bits per heavy atom. The number of carbonyl (C=O) groups excluding carboxylic acids is 1. The number of carbonyl (C=O) groups is 1. The third-order valence-electron chi connectivity index (χ3n) is 4.65. The lowest BCUT2D eigenvalue weighted by Crippen LogP contribution is -2.38. The molecule has 0 aliphatic carbocycles. The Kier molecular flexibility index (Phi) is 6.24. The summed E-state index contributed by atoms with van der Waals surface area (Å²) >= 11 is 1.56. The minimum Gasteiger partial charge on any atom is -0.491 e. The molecule has 0 spiro atoms. The molecule has 4 nitrogen and oxygen atoms in total. The zero-order chi connectivity index (χ0) is 17.6. The Hall–Kier alpha value is -1.69. The number of rotatable bonds is 7. The first-order valence-corrected chi connectivity index (χ1v) is 9.68. The largest absolute Gasteiger partial charge is 0.491 e. The van der Waals surface area contributed by atoms with E-state index in [1.165, 1.54) is 5.56 Å². The van der Waals surface area contributed by atoms with Gasteiger partial charge in [0.15, 0.2) is 5.78 Å². The number of thiophene rings is 1. The summed E-state index contributed by atoms with van der Waals surface area (Å²) in [4.78, 5) is 16.1. The lowest BCUT2D eigenvalue weighted by Gasteiger charge is -2.32. The van der Waals surface area contributed by atoms with Crippen molar-refractivity contribution in [2.45, 2.75) is 26.3 Å². The van der Waals surface area contributed by atoms with Crippen molar-refractivity contribution in [2.24, 2.45) is 5.92 Å². The summed E-state index contributed by atoms with van der Waals surface area (Å²) in [5.41, 5.74) is 2.32. The van der Waals surface area contributed by atoms with Crippen LogP contribution in [0, 0.1) is 12.8 Å². The molecule has 1 aromatic heterocycles. The van der Waals surface area contributed by atoms with Gasteiger partial charge in [0, 0.05) is 19.0 Å². The predicted molar refractivity (Wildman–Crippen MR) is 100 cm³/mol. The highest BCUT2D eigenvalue weighted by molar-refractivity contribution is 7.12. The summed E-state index contributed by atoms with van der Waals surface area (Å²) in [6.45, 7) is 5.08. The van der Waals surface area contributed by atoms with E-state index < -0.39 is 0 Å². The lowest BCUT2D eigenvalue weighted by atomic mass is 9.92. The maximum Gasteiger partial charge on any atom is 0.177 e. The number of ether oxygens (including phenoxy) is 1. The molecule has 1 saturated heterocycles. The Morgan fingerprint density at radius 3 is 2.80 bits per heavy atom. The van der Waals surface area contributed by atoms with Crippen molar-refractivity contribution < 1.29 is 14.6 Å². The Labute approximate surface area is 153 Å². The Balaban J connectivity index is 1.58. The summed E-state index contributed by atoms with van der Waals surface area (Å²) in [5.74, 6) is 1.20. The summed E-state index contributed by atoms with van der Waals surface area (Å²) in [6, 6.07) is 10.0. The Bertz CT molecular complexity index is 695. The van der Waals surface area contributed by atoms with E-state index >= 15 is 0 Å². The Morgan fingerprint density at radius 2 is 2.12 bits per heavy atom. The van der Waals surface area contributed by atoms with Crippen LogP contribution in [0.5, 0.6) is 5.75 Å². The number of benzene rings is 1. The molecule has 5 heteroatoms. The first kappa shape index (κ1) is 18.1. The molecule has 134 valence electrons. The van der Waals surface area contributed by atoms with Gasteiger partial charge in [0.1, 0.15) is 12.4 Å². The number of hydrogen-bond acceptors (Lipinski definition) is 5. The van der Waals surface area contributed by atoms with E-state index in [0.29, 0.717) is 12.4 Å². The van der Waals surface area contributed by atoms with E-state index in [4.69, 9.17) is 9.84 Å². The van der Waals surface area contributed by atoms with Gasteiger partial charge < -0.3 is 9.84 Å². The average molecular weight is 359 g/mol. The number of aliphatic hydroxyl groups excluding tert-OH is 1. The molecule has 3 rings (SSSR count). The molecule has 2 aromatic rings. The molecule has 1 N–H and O–H groups in total. The van der Waals surface area contributed by atoms with E-state index in [-0.39, 0.29) is 12.5 Å². The molecule has 0 radical (unpaired) electrons. The molecule has 2 heterocycles. The fourth-order valence-corrected chi connectivity index (χ4v) is 4.28. The molecular weight excluding hydrogens is 334 g/mol. The van der Waals surface area contributed by atoms with Crippen LogP contribution >= 0.6 is 11.3 Å². The van der Waals surface area contributed by atoms with Crippen LogP contribution in [0.15, 0.2) is 35.7 Å². The van der Waals surface area contributed by atoms with Crippen molar-refractivity contribution in [3.8, 4) is 5.75 Å². The number of hydrogen-bond donors (Lipinski definition) is 1. The summed E-state index contributed by atoms with van der Waals surface area (Å²) in [6.07, 6.45) is 2.05. The molecule has 1 aliphatic rings. The third-order valence-corrected chi connectivity index (χ3v) is 5.68. The van der Waals surface area contributed by atoms with Crippen LogP contribution in [-0.4, -0.2) is 42.1 Å². The van der Waals surface area contributed by atoms with Gasteiger partial charge in [-0.2, -0.15) is 0 Å². The molecule has 1 fully saturated rings. The number of aliphatic hydroxyl groups is 1. The van der Waals surface area contributed by atoms with Crippen LogP contribution < -0.4 is 4.74 Å². The summed E-state index contributed by atoms with van der Waals surface area (Å²) < 4.78 is 5.39.